The zero-order valence-electron chi connectivity index (χ0n) is 11.6. The lowest BCUT2D eigenvalue weighted by Gasteiger charge is -2.07. The van der Waals surface area contributed by atoms with Crippen molar-refractivity contribution >= 4 is 5.69 Å². The zero-order chi connectivity index (χ0) is 14.6. The van der Waals surface area contributed by atoms with E-state index >= 15 is 0 Å². The Morgan fingerprint density at radius 2 is 1.50 bits per heavy atom. The van der Waals surface area contributed by atoms with Gasteiger partial charge in [0.05, 0.1) is 4.92 Å². The minimum atomic E-state index is -0.389. The molecule has 0 aliphatic rings. The number of benzene rings is 1. The standard InChI is InChI=1S/C13H23N5O2/c14-5-6-15-7-8-16-9-10-17-11-12-1-3-13(4-2-12)18(19)20/h1-4,15-17H,5-11,14H2. The van der Waals surface area contributed by atoms with Gasteiger partial charge in [-0.05, 0) is 5.56 Å². The average molecular weight is 281 g/mol. The van der Waals surface area contributed by atoms with Gasteiger partial charge < -0.3 is 21.7 Å². The van der Waals surface area contributed by atoms with Crippen molar-refractivity contribution in [2.75, 3.05) is 39.3 Å². The van der Waals surface area contributed by atoms with Gasteiger partial charge in [0.25, 0.3) is 5.69 Å². The highest BCUT2D eigenvalue weighted by molar-refractivity contribution is 5.32. The van der Waals surface area contributed by atoms with Crippen molar-refractivity contribution in [3.05, 3.63) is 39.9 Å². The van der Waals surface area contributed by atoms with E-state index in [0.717, 1.165) is 38.3 Å². The van der Waals surface area contributed by atoms with Crippen LogP contribution in [0.1, 0.15) is 5.56 Å². The van der Waals surface area contributed by atoms with Gasteiger partial charge in [0.15, 0.2) is 0 Å². The fraction of sp³-hybridized carbons (Fsp3) is 0.538. The molecule has 20 heavy (non-hydrogen) atoms. The first-order chi connectivity index (χ1) is 9.74. The van der Waals surface area contributed by atoms with Crippen molar-refractivity contribution in [2.45, 2.75) is 6.54 Å². The molecule has 0 saturated carbocycles. The molecule has 0 aliphatic heterocycles. The fourth-order valence-corrected chi connectivity index (χ4v) is 1.67. The van der Waals surface area contributed by atoms with Crippen molar-refractivity contribution in [1.29, 1.82) is 0 Å². The highest BCUT2D eigenvalue weighted by atomic mass is 16.6. The van der Waals surface area contributed by atoms with E-state index in [9.17, 15) is 10.1 Å². The van der Waals surface area contributed by atoms with E-state index in [1.54, 1.807) is 12.1 Å². The van der Waals surface area contributed by atoms with Gasteiger partial charge in [-0.15, -0.1) is 0 Å². The van der Waals surface area contributed by atoms with E-state index in [2.05, 4.69) is 16.0 Å². The first-order valence-electron chi connectivity index (χ1n) is 6.79. The van der Waals surface area contributed by atoms with Crippen LogP contribution in [0.3, 0.4) is 0 Å². The van der Waals surface area contributed by atoms with E-state index in [-0.39, 0.29) is 10.6 Å². The van der Waals surface area contributed by atoms with Crippen LogP contribution in [0.15, 0.2) is 24.3 Å². The summed E-state index contributed by atoms with van der Waals surface area (Å²) in [5, 5.41) is 20.3. The van der Waals surface area contributed by atoms with Gasteiger partial charge in [-0.2, -0.15) is 0 Å². The molecule has 0 aromatic heterocycles. The number of nitro groups is 1. The SMILES string of the molecule is NCCNCCNCCNCc1ccc([N+](=O)[O-])cc1. The summed E-state index contributed by atoms with van der Waals surface area (Å²) in [7, 11) is 0. The van der Waals surface area contributed by atoms with Gasteiger partial charge in [-0.1, -0.05) is 12.1 Å². The molecular weight excluding hydrogens is 258 g/mol. The molecule has 0 saturated heterocycles. The third-order valence-electron chi connectivity index (χ3n) is 2.75. The fourth-order valence-electron chi connectivity index (χ4n) is 1.67. The number of nitro benzene ring substituents is 1. The molecule has 112 valence electrons. The van der Waals surface area contributed by atoms with Crippen LogP contribution in [0.5, 0.6) is 0 Å². The summed E-state index contributed by atoms with van der Waals surface area (Å²) in [6, 6.07) is 6.60. The third-order valence-corrected chi connectivity index (χ3v) is 2.75. The van der Waals surface area contributed by atoms with Crippen LogP contribution in [-0.2, 0) is 6.54 Å². The Balaban J connectivity index is 2.02. The van der Waals surface area contributed by atoms with Crippen molar-refractivity contribution < 1.29 is 4.92 Å². The average Bonchev–Trinajstić information content (AvgIpc) is 2.46. The molecule has 0 aliphatic carbocycles. The lowest BCUT2D eigenvalue weighted by Crippen LogP contribution is -2.34. The summed E-state index contributed by atoms with van der Waals surface area (Å²) in [5.41, 5.74) is 6.53. The molecule has 1 rings (SSSR count). The Bertz CT molecular complexity index is 383. The number of hydrogen-bond donors (Lipinski definition) is 4. The normalized spacial score (nSPS) is 10.7. The summed E-state index contributed by atoms with van der Waals surface area (Å²) in [5.74, 6) is 0. The molecule has 5 N–H and O–H groups in total. The Hall–Kier alpha value is -1.54. The van der Waals surface area contributed by atoms with Crippen LogP contribution in [-0.4, -0.2) is 44.2 Å². The summed E-state index contributed by atoms with van der Waals surface area (Å²) < 4.78 is 0. The largest absolute Gasteiger partial charge is 0.329 e. The second-order valence-electron chi connectivity index (χ2n) is 4.39. The van der Waals surface area contributed by atoms with Crippen LogP contribution in [0.4, 0.5) is 5.69 Å². The number of nitrogens with zero attached hydrogens (tertiary/aromatic N) is 1. The number of hydrogen-bond acceptors (Lipinski definition) is 6. The third kappa shape index (κ3) is 7.15. The molecular formula is C13H23N5O2. The van der Waals surface area contributed by atoms with E-state index in [4.69, 9.17) is 5.73 Å². The lowest BCUT2D eigenvalue weighted by atomic mass is 10.2. The van der Waals surface area contributed by atoms with E-state index in [0.29, 0.717) is 13.1 Å². The number of non-ortho nitro benzene ring substituents is 1. The second kappa shape index (κ2) is 10.3. The molecule has 0 radical (unpaired) electrons. The maximum atomic E-state index is 10.5. The molecule has 0 amide bonds. The predicted molar refractivity (Wildman–Crippen MR) is 79.6 cm³/mol. The summed E-state index contributed by atoms with van der Waals surface area (Å²) >= 11 is 0. The van der Waals surface area contributed by atoms with E-state index < -0.39 is 0 Å². The van der Waals surface area contributed by atoms with Gasteiger partial charge in [0, 0.05) is 57.9 Å². The second-order valence-corrected chi connectivity index (χ2v) is 4.39. The van der Waals surface area contributed by atoms with Crippen LogP contribution < -0.4 is 21.7 Å². The Kier molecular flexibility index (Phi) is 8.48. The molecule has 1 aromatic rings. The van der Waals surface area contributed by atoms with Crippen LogP contribution in [0.2, 0.25) is 0 Å². The Labute approximate surface area is 119 Å². The van der Waals surface area contributed by atoms with E-state index in [1.807, 2.05) is 0 Å². The molecule has 7 nitrogen and oxygen atoms in total. The molecule has 1 aromatic carbocycles. The van der Waals surface area contributed by atoms with Gasteiger partial charge >= 0.3 is 0 Å². The highest BCUT2D eigenvalue weighted by Gasteiger charge is 2.03. The molecule has 0 spiro atoms. The van der Waals surface area contributed by atoms with Crippen molar-refractivity contribution in [3.8, 4) is 0 Å². The topological polar surface area (TPSA) is 105 Å². The van der Waals surface area contributed by atoms with Crippen molar-refractivity contribution in [2.24, 2.45) is 5.73 Å². The molecule has 0 atom stereocenters. The predicted octanol–water partition coefficient (Wildman–Crippen LogP) is -0.178. The van der Waals surface area contributed by atoms with Crippen LogP contribution in [0, 0.1) is 10.1 Å². The zero-order valence-corrected chi connectivity index (χ0v) is 11.6. The van der Waals surface area contributed by atoms with Crippen LogP contribution >= 0.6 is 0 Å². The molecule has 0 unspecified atom stereocenters. The van der Waals surface area contributed by atoms with Gasteiger partial charge in [0.2, 0.25) is 0 Å². The van der Waals surface area contributed by atoms with Crippen LogP contribution in [0.25, 0.3) is 0 Å². The minimum absolute atomic E-state index is 0.125. The number of rotatable bonds is 11. The van der Waals surface area contributed by atoms with E-state index in [1.165, 1.54) is 12.1 Å². The minimum Gasteiger partial charge on any atom is -0.329 e. The van der Waals surface area contributed by atoms with Crippen molar-refractivity contribution in [3.63, 3.8) is 0 Å². The highest BCUT2D eigenvalue weighted by Crippen LogP contribution is 2.11. The smallest absolute Gasteiger partial charge is 0.269 e. The monoisotopic (exact) mass is 281 g/mol. The lowest BCUT2D eigenvalue weighted by molar-refractivity contribution is -0.384. The maximum Gasteiger partial charge on any atom is 0.269 e. The quantitative estimate of drug-likeness (QED) is 0.255. The Morgan fingerprint density at radius 3 is 2.05 bits per heavy atom. The summed E-state index contributed by atoms with van der Waals surface area (Å²) in [6.45, 7) is 5.80. The summed E-state index contributed by atoms with van der Waals surface area (Å²) in [4.78, 5) is 10.1. The molecule has 0 bridgehead atoms. The first kappa shape index (κ1) is 16.5. The maximum absolute atomic E-state index is 10.5. The molecule has 0 fully saturated rings. The van der Waals surface area contributed by atoms with Gasteiger partial charge in [-0.25, -0.2) is 0 Å². The first-order valence-corrected chi connectivity index (χ1v) is 6.79. The van der Waals surface area contributed by atoms with Gasteiger partial charge in [-0.3, -0.25) is 10.1 Å². The number of nitrogens with two attached hydrogens (primary N) is 1. The number of nitrogens with one attached hydrogen (secondary N) is 3. The summed E-state index contributed by atoms with van der Waals surface area (Å²) in [6.07, 6.45) is 0. The molecule has 7 heteroatoms. The molecule has 0 heterocycles. The van der Waals surface area contributed by atoms with Gasteiger partial charge in [0.1, 0.15) is 0 Å². The Morgan fingerprint density at radius 1 is 0.950 bits per heavy atom. The van der Waals surface area contributed by atoms with Crippen molar-refractivity contribution in [1.82, 2.24) is 16.0 Å².